The molecule has 0 fully saturated rings. The minimum Gasteiger partial charge on any atom is -0.455 e. The first-order valence-corrected chi connectivity index (χ1v) is 12.0. The number of hydrogen-bond donors (Lipinski definition) is 1. The molecule has 0 bridgehead atoms. The molecule has 2 aromatic carbocycles. The molecular formula is C19H13IN6O3S2. The highest BCUT2D eigenvalue weighted by atomic mass is 127. The fraction of sp³-hybridized carbons (Fsp3) is 0.0526. The summed E-state index contributed by atoms with van der Waals surface area (Å²) in [5.74, 6) is 0.761. The molecule has 0 saturated carbocycles. The summed E-state index contributed by atoms with van der Waals surface area (Å²) in [6, 6.07) is 13.6. The molecule has 2 aromatic heterocycles. The van der Waals surface area contributed by atoms with E-state index in [1.165, 1.54) is 24.5 Å². The number of nitrogens with one attached hydrogen (secondary N) is 1. The fourth-order valence-electron chi connectivity index (χ4n) is 2.79. The second-order valence-electron chi connectivity index (χ2n) is 6.20. The Labute approximate surface area is 195 Å². The van der Waals surface area contributed by atoms with E-state index < -0.39 is 10.0 Å². The Morgan fingerprint density at radius 1 is 1.19 bits per heavy atom. The number of hydrogen-bond acceptors (Lipinski definition) is 8. The number of anilines is 1. The van der Waals surface area contributed by atoms with Crippen LogP contribution in [0.3, 0.4) is 0 Å². The number of aryl methyl sites for hydroxylation is 1. The zero-order valence-electron chi connectivity index (χ0n) is 15.9. The maximum atomic E-state index is 12.6. The lowest BCUT2D eigenvalue weighted by molar-refractivity contribution is 0.481. The molecule has 0 radical (unpaired) electrons. The summed E-state index contributed by atoms with van der Waals surface area (Å²) in [7, 11) is -2.10. The number of nitriles is 1. The lowest BCUT2D eigenvalue weighted by atomic mass is 10.1. The number of aromatic nitrogens is 4. The van der Waals surface area contributed by atoms with Gasteiger partial charge in [-0.15, -0.1) is 0 Å². The topological polar surface area (TPSA) is 123 Å². The Morgan fingerprint density at radius 2 is 2.03 bits per heavy atom. The number of sulfonamides is 1. The van der Waals surface area contributed by atoms with E-state index in [0.717, 1.165) is 26.4 Å². The van der Waals surface area contributed by atoms with Crippen LogP contribution in [0.5, 0.6) is 11.5 Å². The van der Waals surface area contributed by atoms with Crippen LogP contribution in [0.1, 0.15) is 5.56 Å². The van der Waals surface area contributed by atoms with Gasteiger partial charge in [-0.2, -0.15) is 14.7 Å². The molecule has 12 heteroatoms. The first kappa shape index (κ1) is 21.2. The van der Waals surface area contributed by atoms with Crippen molar-refractivity contribution in [2.45, 2.75) is 4.90 Å². The van der Waals surface area contributed by atoms with Crippen molar-refractivity contribution < 1.29 is 13.2 Å². The maximum Gasteiger partial charge on any atom is 0.263 e. The van der Waals surface area contributed by atoms with Crippen molar-refractivity contribution in [2.24, 2.45) is 7.05 Å². The summed E-state index contributed by atoms with van der Waals surface area (Å²) >= 11 is 3.08. The summed E-state index contributed by atoms with van der Waals surface area (Å²) in [6.45, 7) is 0. The number of ether oxygens (including phenoxy) is 1. The summed E-state index contributed by atoms with van der Waals surface area (Å²) in [4.78, 5) is 3.73. The van der Waals surface area contributed by atoms with Crippen LogP contribution >= 0.6 is 34.1 Å². The monoisotopic (exact) mass is 564 g/mol. The maximum absolute atomic E-state index is 12.6. The number of benzene rings is 2. The molecule has 0 aliphatic rings. The Kier molecular flexibility index (Phi) is 5.90. The Balaban J connectivity index is 1.70. The highest BCUT2D eigenvalue weighted by molar-refractivity contribution is 14.1. The van der Waals surface area contributed by atoms with Crippen molar-refractivity contribution in [2.75, 3.05) is 4.72 Å². The highest BCUT2D eigenvalue weighted by Crippen LogP contribution is 2.36. The minimum atomic E-state index is -3.92. The normalized spacial score (nSPS) is 11.1. The van der Waals surface area contributed by atoms with Crippen LogP contribution in [-0.2, 0) is 17.1 Å². The summed E-state index contributed by atoms with van der Waals surface area (Å²) in [5, 5.41) is 13.9. The van der Waals surface area contributed by atoms with E-state index in [2.05, 4.69) is 41.8 Å². The van der Waals surface area contributed by atoms with E-state index in [-0.39, 0.29) is 21.3 Å². The highest BCUT2D eigenvalue weighted by Gasteiger charge is 2.19. The van der Waals surface area contributed by atoms with Crippen LogP contribution in [0, 0.1) is 14.9 Å². The molecule has 4 rings (SSSR count). The molecule has 9 nitrogen and oxygen atoms in total. The van der Waals surface area contributed by atoms with Gasteiger partial charge >= 0.3 is 0 Å². The molecule has 0 saturated heterocycles. The van der Waals surface area contributed by atoms with Gasteiger partial charge < -0.3 is 4.74 Å². The predicted octanol–water partition coefficient (Wildman–Crippen LogP) is 4.01. The largest absolute Gasteiger partial charge is 0.455 e. The van der Waals surface area contributed by atoms with Crippen LogP contribution in [0.2, 0.25) is 0 Å². The first-order chi connectivity index (χ1) is 14.9. The third kappa shape index (κ3) is 4.53. The van der Waals surface area contributed by atoms with Gasteiger partial charge in [-0.05, 0) is 65.1 Å². The Morgan fingerprint density at radius 3 is 2.71 bits per heavy atom. The molecular weight excluding hydrogens is 551 g/mol. The van der Waals surface area contributed by atoms with Crippen molar-refractivity contribution >= 4 is 49.3 Å². The minimum absolute atomic E-state index is 0.0787. The number of nitrogens with zero attached hydrogens (tertiary/aromatic N) is 5. The zero-order valence-corrected chi connectivity index (χ0v) is 19.6. The van der Waals surface area contributed by atoms with Gasteiger partial charge in [0, 0.05) is 33.9 Å². The Bertz CT molecular complexity index is 1390. The number of rotatable bonds is 6. The van der Waals surface area contributed by atoms with Crippen LogP contribution in [0.4, 0.5) is 5.13 Å². The van der Waals surface area contributed by atoms with Crippen LogP contribution in [0.15, 0.2) is 59.9 Å². The van der Waals surface area contributed by atoms with Crippen molar-refractivity contribution in [1.82, 2.24) is 19.1 Å². The fourth-order valence-corrected chi connectivity index (χ4v) is 4.94. The molecule has 31 heavy (non-hydrogen) atoms. The third-order valence-electron chi connectivity index (χ3n) is 4.23. The molecule has 2 heterocycles. The SMILES string of the molecule is Cn1nccc1-c1ccc(I)cc1Oc1ccc(S(=O)(=O)Nc2ncns2)cc1C#N. The summed E-state index contributed by atoms with van der Waals surface area (Å²) in [6.07, 6.45) is 2.93. The van der Waals surface area contributed by atoms with E-state index in [4.69, 9.17) is 4.74 Å². The molecule has 4 aromatic rings. The molecule has 1 N–H and O–H groups in total. The van der Waals surface area contributed by atoms with Gasteiger partial charge in [0.25, 0.3) is 10.0 Å². The molecule has 156 valence electrons. The average Bonchev–Trinajstić information content (AvgIpc) is 3.40. The van der Waals surface area contributed by atoms with Crippen molar-refractivity contribution in [3.63, 3.8) is 0 Å². The Hall–Kier alpha value is -3.02. The second-order valence-corrected chi connectivity index (χ2v) is 9.91. The van der Waals surface area contributed by atoms with Crippen molar-refractivity contribution in [3.8, 4) is 28.8 Å². The van der Waals surface area contributed by atoms with Gasteiger partial charge in [-0.25, -0.2) is 13.4 Å². The second kappa shape index (κ2) is 8.61. The van der Waals surface area contributed by atoms with E-state index in [0.29, 0.717) is 5.75 Å². The van der Waals surface area contributed by atoms with Gasteiger partial charge in [-0.3, -0.25) is 9.40 Å². The van der Waals surface area contributed by atoms with Gasteiger partial charge in [0.05, 0.1) is 16.2 Å². The van der Waals surface area contributed by atoms with Gasteiger partial charge in [0.2, 0.25) is 5.13 Å². The molecule has 0 atom stereocenters. The molecule has 0 aliphatic carbocycles. The quantitative estimate of drug-likeness (QED) is 0.351. The molecule has 0 unspecified atom stereocenters. The van der Waals surface area contributed by atoms with E-state index in [9.17, 15) is 13.7 Å². The molecule has 0 spiro atoms. The van der Waals surface area contributed by atoms with Crippen molar-refractivity contribution in [3.05, 3.63) is 64.1 Å². The van der Waals surface area contributed by atoms with Crippen molar-refractivity contribution in [1.29, 1.82) is 5.26 Å². The van der Waals surface area contributed by atoms with Crippen LogP contribution in [0.25, 0.3) is 11.3 Å². The standard InChI is InChI=1S/C19H13IN6O3S2/c1-26-16(6-7-23-26)15-4-2-13(20)9-18(15)29-17-5-3-14(8-12(17)10-21)31(27,28)25-19-22-11-24-30-19/h2-9,11H,1H3,(H,22,24,25). The van der Waals surface area contributed by atoms with Gasteiger partial charge in [-0.1, -0.05) is 0 Å². The lowest BCUT2D eigenvalue weighted by Gasteiger charge is -2.14. The summed E-state index contributed by atoms with van der Waals surface area (Å²) in [5.41, 5.74) is 1.71. The van der Waals surface area contributed by atoms with Gasteiger partial charge in [0.15, 0.2) is 0 Å². The molecule has 0 amide bonds. The third-order valence-corrected chi connectivity index (χ3v) is 6.94. The van der Waals surface area contributed by atoms with Crippen LogP contribution in [-0.4, -0.2) is 27.6 Å². The summed E-state index contributed by atoms with van der Waals surface area (Å²) < 4.78 is 40.0. The molecule has 0 aliphatic heterocycles. The van der Waals surface area contributed by atoms with E-state index in [1.807, 2.05) is 37.4 Å². The van der Waals surface area contributed by atoms with E-state index in [1.54, 1.807) is 10.9 Å². The first-order valence-electron chi connectivity index (χ1n) is 8.67. The number of halogens is 1. The lowest BCUT2D eigenvalue weighted by Crippen LogP contribution is -2.13. The predicted molar refractivity (Wildman–Crippen MR) is 123 cm³/mol. The zero-order chi connectivity index (χ0) is 22.0. The van der Waals surface area contributed by atoms with Gasteiger partial charge in [0.1, 0.15) is 23.9 Å². The van der Waals surface area contributed by atoms with Crippen LogP contribution < -0.4 is 9.46 Å². The average molecular weight is 564 g/mol. The van der Waals surface area contributed by atoms with E-state index >= 15 is 0 Å². The smallest absolute Gasteiger partial charge is 0.263 e.